The molecule has 16 heavy (non-hydrogen) atoms. The van der Waals surface area contributed by atoms with Gasteiger partial charge in [-0.25, -0.2) is 0 Å². The van der Waals surface area contributed by atoms with Crippen LogP contribution >= 0.6 is 0 Å². The molecule has 0 amide bonds. The standard InChI is InChI=1S/C15H26.CH4/c1-12-8-7-10-15(5,6)13(12)9-11-14(2,3)4;/h9,11H,7-8,10H2,1-6H3;1H4/b11-9+;. The highest BCUT2D eigenvalue weighted by Crippen LogP contribution is 2.41. The molecule has 0 saturated carbocycles. The van der Waals surface area contributed by atoms with Crippen molar-refractivity contribution in [3.63, 3.8) is 0 Å². The van der Waals surface area contributed by atoms with Gasteiger partial charge in [-0.1, -0.05) is 59.8 Å². The molecule has 0 aromatic carbocycles. The molecule has 0 fully saturated rings. The largest absolute Gasteiger partial charge is 0.0788 e. The average molecular weight is 222 g/mol. The van der Waals surface area contributed by atoms with Crippen LogP contribution < -0.4 is 0 Å². The van der Waals surface area contributed by atoms with Crippen molar-refractivity contribution in [1.29, 1.82) is 0 Å². The average Bonchev–Trinajstić information content (AvgIpc) is 1.99. The van der Waals surface area contributed by atoms with Crippen LogP contribution in [0.25, 0.3) is 0 Å². The summed E-state index contributed by atoms with van der Waals surface area (Å²) in [5.41, 5.74) is 3.83. The molecule has 0 radical (unpaired) electrons. The van der Waals surface area contributed by atoms with E-state index in [4.69, 9.17) is 0 Å². The maximum absolute atomic E-state index is 2.37. The Morgan fingerprint density at radius 1 is 1.19 bits per heavy atom. The minimum Gasteiger partial charge on any atom is -0.0788 e. The predicted octanol–water partition coefficient (Wildman–Crippen LogP) is 5.75. The number of hydrogen-bond donors (Lipinski definition) is 0. The molecule has 1 aliphatic rings. The lowest BCUT2D eigenvalue weighted by molar-refractivity contribution is 0.376. The Balaban J connectivity index is 0.00000225. The summed E-state index contributed by atoms with van der Waals surface area (Å²) in [7, 11) is 0. The molecule has 0 spiro atoms. The Kier molecular flexibility index (Phi) is 5.04. The number of rotatable bonds is 1. The topological polar surface area (TPSA) is 0 Å². The summed E-state index contributed by atoms with van der Waals surface area (Å²) in [6.07, 6.45) is 8.68. The van der Waals surface area contributed by atoms with Gasteiger partial charge in [0.25, 0.3) is 0 Å². The van der Waals surface area contributed by atoms with E-state index in [0.717, 1.165) is 0 Å². The third kappa shape index (κ3) is 4.15. The first-order valence-corrected chi connectivity index (χ1v) is 6.12. The van der Waals surface area contributed by atoms with E-state index >= 15 is 0 Å². The van der Waals surface area contributed by atoms with E-state index in [-0.39, 0.29) is 7.43 Å². The zero-order chi connectivity index (χ0) is 11.7. The molecule has 0 nitrogen and oxygen atoms in total. The molecule has 94 valence electrons. The van der Waals surface area contributed by atoms with Gasteiger partial charge in [0.2, 0.25) is 0 Å². The highest BCUT2D eigenvalue weighted by Gasteiger charge is 2.26. The van der Waals surface area contributed by atoms with Gasteiger partial charge in [0, 0.05) is 0 Å². The summed E-state index contributed by atoms with van der Waals surface area (Å²) in [5, 5.41) is 0. The second kappa shape index (κ2) is 5.21. The fourth-order valence-corrected chi connectivity index (χ4v) is 2.34. The van der Waals surface area contributed by atoms with E-state index in [1.165, 1.54) is 19.3 Å². The third-order valence-electron chi connectivity index (χ3n) is 3.29. The van der Waals surface area contributed by atoms with Crippen LogP contribution in [0.2, 0.25) is 0 Å². The molecule has 0 saturated heterocycles. The zero-order valence-electron chi connectivity index (χ0n) is 11.3. The van der Waals surface area contributed by atoms with Crippen LogP contribution in [0.3, 0.4) is 0 Å². The van der Waals surface area contributed by atoms with Crippen LogP contribution in [0.1, 0.15) is 68.2 Å². The molecule has 0 heteroatoms. The Hall–Kier alpha value is -0.520. The minimum atomic E-state index is 0. The Morgan fingerprint density at radius 2 is 1.75 bits per heavy atom. The molecule has 0 aliphatic heterocycles. The van der Waals surface area contributed by atoms with Gasteiger partial charge in [-0.15, -0.1) is 0 Å². The molecular weight excluding hydrogens is 192 g/mol. The van der Waals surface area contributed by atoms with Crippen LogP contribution in [0.4, 0.5) is 0 Å². The Bertz CT molecular complexity index is 282. The van der Waals surface area contributed by atoms with Crippen molar-refractivity contribution in [3.05, 3.63) is 23.3 Å². The lowest BCUT2D eigenvalue weighted by atomic mass is 9.72. The normalized spacial score (nSPS) is 21.1. The lowest BCUT2D eigenvalue weighted by Crippen LogP contribution is -2.19. The van der Waals surface area contributed by atoms with E-state index < -0.39 is 0 Å². The Morgan fingerprint density at radius 3 is 2.19 bits per heavy atom. The maximum atomic E-state index is 2.37. The fourth-order valence-electron chi connectivity index (χ4n) is 2.34. The smallest absolute Gasteiger partial charge is 0.0104 e. The molecule has 1 aliphatic carbocycles. The maximum Gasteiger partial charge on any atom is -0.0104 e. The van der Waals surface area contributed by atoms with Crippen LogP contribution in [0, 0.1) is 10.8 Å². The van der Waals surface area contributed by atoms with Crippen molar-refractivity contribution in [2.24, 2.45) is 10.8 Å². The van der Waals surface area contributed by atoms with E-state index in [1.54, 1.807) is 11.1 Å². The number of hydrogen-bond acceptors (Lipinski definition) is 0. The van der Waals surface area contributed by atoms with Crippen LogP contribution in [0.5, 0.6) is 0 Å². The van der Waals surface area contributed by atoms with Gasteiger partial charge >= 0.3 is 0 Å². The second-order valence-corrected chi connectivity index (χ2v) is 6.63. The highest BCUT2D eigenvalue weighted by atomic mass is 14.3. The second-order valence-electron chi connectivity index (χ2n) is 6.63. The first-order chi connectivity index (χ1) is 6.72. The zero-order valence-corrected chi connectivity index (χ0v) is 11.3. The molecule has 0 atom stereocenters. The third-order valence-corrected chi connectivity index (χ3v) is 3.29. The van der Waals surface area contributed by atoms with Crippen molar-refractivity contribution in [3.8, 4) is 0 Å². The predicted molar refractivity (Wildman–Crippen MR) is 75.7 cm³/mol. The SMILES string of the molecule is C.CC1=C(/C=C/C(C)(C)C)C(C)(C)CCC1. The van der Waals surface area contributed by atoms with Crippen molar-refractivity contribution in [1.82, 2.24) is 0 Å². The summed E-state index contributed by atoms with van der Waals surface area (Å²) in [4.78, 5) is 0. The molecule has 0 aromatic rings. The molecule has 0 aromatic heterocycles. The van der Waals surface area contributed by atoms with Crippen LogP contribution in [-0.4, -0.2) is 0 Å². The van der Waals surface area contributed by atoms with Gasteiger partial charge in [0.05, 0.1) is 0 Å². The van der Waals surface area contributed by atoms with Crippen molar-refractivity contribution < 1.29 is 0 Å². The van der Waals surface area contributed by atoms with Crippen LogP contribution in [-0.2, 0) is 0 Å². The summed E-state index contributed by atoms with van der Waals surface area (Å²) in [6, 6.07) is 0. The molecule has 0 N–H and O–H groups in total. The summed E-state index contributed by atoms with van der Waals surface area (Å²) >= 11 is 0. The van der Waals surface area contributed by atoms with E-state index in [9.17, 15) is 0 Å². The first kappa shape index (κ1) is 15.5. The summed E-state index contributed by atoms with van der Waals surface area (Å²) in [5.74, 6) is 0. The summed E-state index contributed by atoms with van der Waals surface area (Å²) in [6.45, 7) is 13.8. The lowest BCUT2D eigenvalue weighted by Gasteiger charge is -2.33. The van der Waals surface area contributed by atoms with Gasteiger partial charge in [-0.05, 0) is 42.6 Å². The van der Waals surface area contributed by atoms with E-state index in [2.05, 4.69) is 53.7 Å². The molecule has 0 unspecified atom stereocenters. The highest BCUT2D eigenvalue weighted by molar-refractivity contribution is 5.33. The van der Waals surface area contributed by atoms with E-state index in [1.807, 2.05) is 0 Å². The van der Waals surface area contributed by atoms with Gasteiger partial charge in [0.15, 0.2) is 0 Å². The monoisotopic (exact) mass is 222 g/mol. The Labute approximate surface area is 103 Å². The molecule has 1 rings (SSSR count). The molecular formula is C16H30. The van der Waals surface area contributed by atoms with Crippen molar-refractivity contribution >= 4 is 0 Å². The quantitative estimate of drug-likeness (QED) is 0.530. The van der Waals surface area contributed by atoms with Crippen LogP contribution in [0.15, 0.2) is 23.3 Å². The van der Waals surface area contributed by atoms with Gasteiger partial charge in [0.1, 0.15) is 0 Å². The number of allylic oxidation sites excluding steroid dienone is 4. The minimum absolute atomic E-state index is 0. The first-order valence-electron chi connectivity index (χ1n) is 6.12. The van der Waals surface area contributed by atoms with E-state index in [0.29, 0.717) is 10.8 Å². The van der Waals surface area contributed by atoms with Gasteiger partial charge < -0.3 is 0 Å². The summed E-state index contributed by atoms with van der Waals surface area (Å²) < 4.78 is 0. The fraction of sp³-hybridized carbons (Fsp3) is 0.750. The molecule has 0 bridgehead atoms. The van der Waals surface area contributed by atoms with Gasteiger partial charge in [-0.3, -0.25) is 0 Å². The van der Waals surface area contributed by atoms with Crippen molar-refractivity contribution in [2.75, 3.05) is 0 Å². The van der Waals surface area contributed by atoms with Crippen molar-refractivity contribution in [2.45, 2.75) is 68.2 Å². The molecule has 0 heterocycles. The van der Waals surface area contributed by atoms with Gasteiger partial charge in [-0.2, -0.15) is 0 Å².